The maximum atomic E-state index is 5.95. The predicted molar refractivity (Wildman–Crippen MR) is 75.2 cm³/mol. The third-order valence-electron chi connectivity index (χ3n) is 3.09. The van der Waals surface area contributed by atoms with Gasteiger partial charge in [-0.2, -0.15) is 0 Å². The topological polar surface area (TPSA) is 47.1 Å². The molecule has 1 aromatic heterocycles. The van der Waals surface area contributed by atoms with Crippen LogP contribution in [0, 0.1) is 6.92 Å². The molecule has 0 saturated heterocycles. The highest BCUT2D eigenvalue weighted by Gasteiger charge is 2.10. The predicted octanol–water partition coefficient (Wildman–Crippen LogP) is 2.27. The monoisotopic (exact) mass is 244 g/mol. The molecule has 0 saturated carbocycles. The number of nitrogens with two attached hydrogens (primary N) is 1. The molecule has 0 spiro atoms. The van der Waals surface area contributed by atoms with E-state index in [0.29, 0.717) is 0 Å². The zero-order valence-corrected chi connectivity index (χ0v) is 11.4. The molecule has 0 aliphatic heterocycles. The van der Waals surface area contributed by atoms with Gasteiger partial charge in [-0.1, -0.05) is 6.07 Å². The van der Waals surface area contributed by atoms with Crippen LogP contribution in [0.3, 0.4) is 0 Å². The lowest BCUT2D eigenvalue weighted by atomic mass is 10.1. The minimum Gasteiger partial charge on any atom is -0.377 e. The molecular formula is C14H20N4. The Bertz CT molecular complexity index is 540. The Kier molecular flexibility index (Phi) is 3.39. The molecule has 2 N–H and O–H groups in total. The Balaban J connectivity index is 2.51. The van der Waals surface area contributed by atoms with E-state index in [9.17, 15) is 0 Å². The lowest BCUT2D eigenvalue weighted by Crippen LogP contribution is -2.13. The lowest BCUT2D eigenvalue weighted by Gasteiger charge is -2.18. The number of hydrogen-bond donors (Lipinski definition) is 1. The standard InChI is InChI=1S/C14H20N4/c1-10-5-6-12(7-13(10)17(3)4)18-9-16-8-14(18)11(2)15/h5-9,11H,15H2,1-4H3. The molecule has 1 heterocycles. The molecule has 0 amide bonds. The largest absolute Gasteiger partial charge is 0.377 e. The average Bonchev–Trinajstić information content (AvgIpc) is 2.78. The van der Waals surface area contributed by atoms with Crippen molar-refractivity contribution in [3.63, 3.8) is 0 Å². The summed E-state index contributed by atoms with van der Waals surface area (Å²) in [6.45, 7) is 4.08. The summed E-state index contributed by atoms with van der Waals surface area (Å²) in [5, 5.41) is 0. The maximum absolute atomic E-state index is 5.95. The Morgan fingerprint density at radius 3 is 2.67 bits per heavy atom. The zero-order valence-electron chi connectivity index (χ0n) is 11.4. The molecule has 0 aliphatic rings. The first kappa shape index (κ1) is 12.6. The third-order valence-corrected chi connectivity index (χ3v) is 3.09. The SMILES string of the molecule is Cc1ccc(-n2cncc2C(C)N)cc1N(C)C. The molecule has 18 heavy (non-hydrogen) atoms. The number of hydrogen-bond acceptors (Lipinski definition) is 3. The molecule has 0 aliphatic carbocycles. The normalized spacial score (nSPS) is 12.5. The third kappa shape index (κ3) is 2.24. The summed E-state index contributed by atoms with van der Waals surface area (Å²) in [4.78, 5) is 6.30. The molecule has 0 fully saturated rings. The van der Waals surface area contributed by atoms with Crippen molar-refractivity contribution in [3.05, 3.63) is 42.0 Å². The summed E-state index contributed by atoms with van der Waals surface area (Å²) in [5.74, 6) is 0. The number of nitrogens with zero attached hydrogens (tertiary/aromatic N) is 3. The minimum atomic E-state index is -0.0309. The van der Waals surface area contributed by atoms with Gasteiger partial charge in [-0.15, -0.1) is 0 Å². The number of rotatable bonds is 3. The second-order valence-electron chi connectivity index (χ2n) is 4.84. The molecule has 0 bridgehead atoms. The van der Waals surface area contributed by atoms with Gasteiger partial charge in [0.05, 0.1) is 18.2 Å². The smallest absolute Gasteiger partial charge is 0.0994 e. The summed E-state index contributed by atoms with van der Waals surface area (Å²) in [7, 11) is 4.10. The van der Waals surface area contributed by atoms with E-state index in [-0.39, 0.29) is 6.04 Å². The van der Waals surface area contributed by atoms with Crippen LogP contribution >= 0.6 is 0 Å². The van der Waals surface area contributed by atoms with E-state index >= 15 is 0 Å². The average molecular weight is 244 g/mol. The van der Waals surface area contributed by atoms with E-state index in [1.165, 1.54) is 11.3 Å². The van der Waals surface area contributed by atoms with Crippen molar-refractivity contribution < 1.29 is 0 Å². The van der Waals surface area contributed by atoms with E-state index in [1.807, 2.05) is 38.1 Å². The van der Waals surface area contributed by atoms with Crippen LogP contribution in [0.2, 0.25) is 0 Å². The van der Waals surface area contributed by atoms with Gasteiger partial charge in [0.25, 0.3) is 0 Å². The fourth-order valence-electron chi connectivity index (χ4n) is 2.09. The fraction of sp³-hybridized carbons (Fsp3) is 0.357. The second kappa shape index (κ2) is 4.82. The fourth-order valence-corrected chi connectivity index (χ4v) is 2.09. The van der Waals surface area contributed by atoms with E-state index in [2.05, 4.69) is 35.0 Å². The van der Waals surface area contributed by atoms with Gasteiger partial charge in [0, 0.05) is 31.5 Å². The van der Waals surface area contributed by atoms with Gasteiger partial charge in [-0.05, 0) is 31.5 Å². The van der Waals surface area contributed by atoms with Crippen molar-refractivity contribution in [1.82, 2.24) is 9.55 Å². The molecule has 1 atom stereocenters. The summed E-state index contributed by atoms with van der Waals surface area (Å²) < 4.78 is 2.04. The molecule has 2 rings (SSSR count). The Morgan fingerprint density at radius 1 is 1.33 bits per heavy atom. The molecule has 4 nitrogen and oxygen atoms in total. The van der Waals surface area contributed by atoms with E-state index in [1.54, 1.807) is 0 Å². The minimum absolute atomic E-state index is 0.0309. The molecule has 0 radical (unpaired) electrons. The number of benzene rings is 1. The lowest BCUT2D eigenvalue weighted by molar-refractivity contribution is 0.752. The van der Waals surface area contributed by atoms with Gasteiger partial charge in [-0.3, -0.25) is 0 Å². The van der Waals surface area contributed by atoms with Crippen molar-refractivity contribution in [3.8, 4) is 5.69 Å². The first-order chi connectivity index (χ1) is 8.50. The Labute approximate surface area is 108 Å². The van der Waals surface area contributed by atoms with Crippen LogP contribution in [0.1, 0.15) is 24.2 Å². The summed E-state index contributed by atoms with van der Waals surface area (Å²) in [6.07, 6.45) is 3.63. The van der Waals surface area contributed by atoms with E-state index in [0.717, 1.165) is 11.4 Å². The van der Waals surface area contributed by atoms with Crippen LogP contribution < -0.4 is 10.6 Å². The van der Waals surface area contributed by atoms with Gasteiger partial charge >= 0.3 is 0 Å². The molecule has 2 aromatic rings. The number of aryl methyl sites for hydroxylation is 1. The van der Waals surface area contributed by atoms with Crippen LogP contribution in [0.5, 0.6) is 0 Å². The van der Waals surface area contributed by atoms with Crippen LogP contribution in [-0.2, 0) is 0 Å². The van der Waals surface area contributed by atoms with Crippen molar-refractivity contribution in [2.75, 3.05) is 19.0 Å². The molecule has 4 heteroatoms. The Hall–Kier alpha value is -1.81. The van der Waals surface area contributed by atoms with Gasteiger partial charge in [0.2, 0.25) is 0 Å². The number of aromatic nitrogens is 2. The van der Waals surface area contributed by atoms with Gasteiger partial charge in [0.15, 0.2) is 0 Å². The van der Waals surface area contributed by atoms with Gasteiger partial charge in [-0.25, -0.2) is 4.98 Å². The zero-order chi connectivity index (χ0) is 13.3. The second-order valence-corrected chi connectivity index (χ2v) is 4.84. The molecular weight excluding hydrogens is 224 g/mol. The van der Waals surface area contributed by atoms with E-state index < -0.39 is 0 Å². The summed E-state index contributed by atoms with van der Waals surface area (Å²) in [5.41, 5.74) is 10.5. The summed E-state index contributed by atoms with van der Waals surface area (Å²) in [6, 6.07) is 6.34. The van der Waals surface area contributed by atoms with Gasteiger partial charge < -0.3 is 15.2 Å². The van der Waals surface area contributed by atoms with Crippen molar-refractivity contribution in [1.29, 1.82) is 0 Å². The highest BCUT2D eigenvalue weighted by Crippen LogP contribution is 2.23. The van der Waals surface area contributed by atoms with Crippen molar-refractivity contribution >= 4 is 5.69 Å². The first-order valence-corrected chi connectivity index (χ1v) is 6.07. The highest BCUT2D eigenvalue weighted by atomic mass is 15.1. The van der Waals surface area contributed by atoms with Crippen LogP contribution in [0.25, 0.3) is 5.69 Å². The van der Waals surface area contributed by atoms with Crippen molar-refractivity contribution in [2.24, 2.45) is 5.73 Å². The number of imidazole rings is 1. The van der Waals surface area contributed by atoms with Crippen LogP contribution in [-0.4, -0.2) is 23.6 Å². The molecule has 1 aromatic carbocycles. The van der Waals surface area contributed by atoms with Crippen molar-refractivity contribution in [2.45, 2.75) is 19.9 Å². The van der Waals surface area contributed by atoms with Gasteiger partial charge in [0.1, 0.15) is 0 Å². The molecule has 1 unspecified atom stereocenters. The maximum Gasteiger partial charge on any atom is 0.0994 e. The summed E-state index contributed by atoms with van der Waals surface area (Å²) >= 11 is 0. The Morgan fingerprint density at radius 2 is 2.06 bits per heavy atom. The highest BCUT2D eigenvalue weighted by molar-refractivity contribution is 5.58. The first-order valence-electron chi connectivity index (χ1n) is 6.07. The van der Waals surface area contributed by atoms with Crippen LogP contribution in [0.4, 0.5) is 5.69 Å². The van der Waals surface area contributed by atoms with Crippen LogP contribution in [0.15, 0.2) is 30.7 Å². The van der Waals surface area contributed by atoms with E-state index in [4.69, 9.17) is 5.73 Å². The molecule has 96 valence electrons. The number of anilines is 1. The quantitative estimate of drug-likeness (QED) is 0.901.